The summed E-state index contributed by atoms with van der Waals surface area (Å²) in [7, 11) is 0. The van der Waals surface area contributed by atoms with Gasteiger partial charge in [-0.25, -0.2) is 4.79 Å². The predicted molar refractivity (Wildman–Crippen MR) is 184 cm³/mol. The summed E-state index contributed by atoms with van der Waals surface area (Å²) in [6, 6.07) is 0. The molecule has 0 bridgehead atoms. The van der Waals surface area contributed by atoms with E-state index in [9.17, 15) is 9.90 Å². The fraction of sp³-hybridized carbons (Fsp3) is 0.923. The Balaban J connectivity index is 3.60. The molecule has 0 amide bonds. The highest BCUT2D eigenvalue weighted by Crippen LogP contribution is 2.25. The molecule has 0 aromatic heterocycles. The van der Waals surface area contributed by atoms with Gasteiger partial charge in [-0.15, -0.1) is 0 Å². The molecule has 0 heterocycles. The van der Waals surface area contributed by atoms with Crippen molar-refractivity contribution in [3.05, 3.63) is 12.2 Å². The summed E-state index contributed by atoms with van der Waals surface area (Å²) in [6.45, 7) is 8.51. The van der Waals surface area contributed by atoms with Gasteiger partial charge in [0.15, 0.2) is 0 Å². The van der Waals surface area contributed by atoms with Crippen LogP contribution < -0.4 is 0 Å². The van der Waals surface area contributed by atoms with Crippen molar-refractivity contribution in [3.63, 3.8) is 0 Å². The fourth-order valence-corrected chi connectivity index (χ4v) is 6.37. The molecule has 0 aliphatic carbocycles. The van der Waals surface area contributed by atoms with E-state index in [0.717, 1.165) is 25.7 Å². The second-order valence-corrected chi connectivity index (χ2v) is 13.4. The van der Waals surface area contributed by atoms with Gasteiger partial charge in [-0.3, -0.25) is 0 Å². The number of carboxylic acid groups (broad SMARTS) is 1. The maximum absolute atomic E-state index is 11.6. The zero-order chi connectivity index (χ0) is 30.1. The zero-order valence-electron chi connectivity index (χ0n) is 28.5. The van der Waals surface area contributed by atoms with Gasteiger partial charge in [0.05, 0.1) is 0 Å². The van der Waals surface area contributed by atoms with E-state index < -0.39 is 5.97 Å². The Kier molecular flexibility index (Phi) is 33.1. The van der Waals surface area contributed by atoms with Crippen molar-refractivity contribution in [1.29, 1.82) is 0 Å². The highest BCUT2D eigenvalue weighted by molar-refractivity contribution is 5.86. The number of aliphatic carboxylic acids is 1. The maximum atomic E-state index is 11.6. The van der Waals surface area contributed by atoms with Gasteiger partial charge in [-0.2, -0.15) is 0 Å². The van der Waals surface area contributed by atoms with E-state index in [0.29, 0.717) is 5.57 Å². The molecule has 1 unspecified atom stereocenters. The van der Waals surface area contributed by atoms with Crippen molar-refractivity contribution >= 4 is 5.97 Å². The molecule has 0 aliphatic heterocycles. The molecule has 41 heavy (non-hydrogen) atoms. The third-order valence-corrected chi connectivity index (χ3v) is 9.33. The third-order valence-electron chi connectivity index (χ3n) is 9.33. The minimum atomic E-state index is -0.785. The van der Waals surface area contributed by atoms with E-state index in [1.165, 1.54) is 186 Å². The largest absolute Gasteiger partial charge is 0.478 e. The molecule has 0 fully saturated rings. The van der Waals surface area contributed by atoms with E-state index in [1.807, 2.05) is 0 Å². The van der Waals surface area contributed by atoms with Crippen molar-refractivity contribution in [2.75, 3.05) is 0 Å². The van der Waals surface area contributed by atoms with E-state index in [4.69, 9.17) is 0 Å². The number of rotatable bonds is 35. The van der Waals surface area contributed by atoms with Gasteiger partial charge in [-0.1, -0.05) is 219 Å². The highest BCUT2D eigenvalue weighted by atomic mass is 16.4. The summed E-state index contributed by atoms with van der Waals surface area (Å²) >= 11 is 0. The fourth-order valence-electron chi connectivity index (χ4n) is 6.37. The van der Waals surface area contributed by atoms with Crippen LogP contribution in [0.4, 0.5) is 0 Å². The molecule has 0 saturated heterocycles. The summed E-state index contributed by atoms with van der Waals surface area (Å²) in [6.07, 6.45) is 44.7. The molecule has 0 aliphatic rings. The minimum Gasteiger partial charge on any atom is -0.478 e. The van der Waals surface area contributed by atoms with Crippen molar-refractivity contribution in [2.45, 2.75) is 226 Å². The van der Waals surface area contributed by atoms with Crippen molar-refractivity contribution in [3.8, 4) is 0 Å². The standard InChI is InChI=1S/C39H76O2/c1-4-6-8-10-12-14-16-18-20-21-22-24-26-28-30-32-34-36-38(37(3)39(40)41)35-33-31-29-27-25-23-19-17-15-13-11-9-7-5-2/h38H,3-36H2,1-2H3,(H,40,41). The van der Waals surface area contributed by atoms with Crippen molar-refractivity contribution < 1.29 is 9.90 Å². The Labute approximate surface area is 259 Å². The van der Waals surface area contributed by atoms with Crippen LogP contribution in [0.1, 0.15) is 226 Å². The van der Waals surface area contributed by atoms with Crippen LogP contribution >= 0.6 is 0 Å². The quantitative estimate of drug-likeness (QED) is 0.0601. The molecule has 0 saturated carbocycles. The van der Waals surface area contributed by atoms with Gasteiger partial charge < -0.3 is 5.11 Å². The first-order valence-electron chi connectivity index (χ1n) is 19.1. The Morgan fingerprint density at radius 2 is 0.610 bits per heavy atom. The van der Waals surface area contributed by atoms with Crippen LogP contribution in [0.5, 0.6) is 0 Å². The second kappa shape index (κ2) is 33.7. The molecular formula is C39H76O2. The predicted octanol–water partition coefficient (Wildman–Crippen LogP) is 14.2. The van der Waals surface area contributed by atoms with Gasteiger partial charge in [0.25, 0.3) is 0 Å². The first-order chi connectivity index (χ1) is 20.1. The van der Waals surface area contributed by atoms with Crippen LogP contribution in [-0.4, -0.2) is 11.1 Å². The van der Waals surface area contributed by atoms with Gasteiger partial charge in [-0.05, 0) is 18.8 Å². The first kappa shape index (κ1) is 40.2. The highest BCUT2D eigenvalue weighted by Gasteiger charge is 2.17. The second-order valence-electron chi connectivity index (χ2n) is 13.4. The lowest BCUT2D eigenvalue weighted by Crippen LogP contribution is -2.12. The molecule has 0 spiro atoms. The Hall–Kier alpha value is -0.790. The van der Waals surface area contributed by atoms with Crippen LogP contribution in [0.15, 0.2) is 12.2 Å². The molecule has 244 valence electrons. The van der Waals surface area contributed by atoms with Crippen molar-refractivity contribution in [2.24, 2.45) is 5.92 Å². The number of carbonyl (C=O) groups is 1. The van der Waals surface area contributed by atoms with Crippen LogP contribution in [0.25, 0.3) is 0 Å². The van der Waals surface area contributed by atoms with Crippen molar-refractivity contribution in [1.82, 2.24) is 0 Å². The molecule has 1 atom stereocenters. The summed E-state index contributed by atoms with van der Waals surface area (Å²) in [5.41, 5.74) is 0.455. The van der Waals surface area contributed by atoms with Gasteiger partial charge >= 0.3 is 5.97 Å². The minimum absolute atomic E-state index is 0.182. The first-order valence-corrected chi connectivity index (χ1v) is 19.1. The monoisotopic (exact) mass is 577 g/mol. The molecule has 0 rings (SSSR count). The SMILES string of the molecule is C=C(C(=O)O)C(CCCCCCCCCCCCCCCC)CCCCCCCCCCCCCCCCCCC. The number of hydrogen-bond acceptors (Lipinski definition) is 1. The molecule has 1 N–H and O–H groups in total. The summed E-state index contributed by atoms with van der Waals surface area (Å²) in [5, 5.41) is 9.51. The summed E-state index contributed by atoms with van der Waals surface area (Å²) in [5.74, 6) is -0.603. The molecule has 2 nitrogen and oxygen atoms in total. The molecule has 2 heteroatoms. The summed E-state index contributed by atoms with van der Waals surface area (Å²) < 4.78 is 0. The van der Waals surface area contributed by atoms with Crippen LogP contribution in [0.2, 0.25) is 0 Å². The van der Waals surface area contributed by atoms with Gasteiger partial charge in [0.1, 0.15) is 0 Å². The van der Waals surface area contributed by atoms with E-state index >= 15 is 0 Å². The lowest BCUT2D eigenvalue weighted by molar-refractivity contribution is -0.133. The van der Waals surface area contributed by atoms with E-state index in [-0.39, 0.29) is 5.92 Å². The Morgan fingerprint density at radius 3 is 0.805 bits per heavy atom. The normalized spacial score (nSPS) is 12.1. The van der Waals surface area contributed by atoms with Gasteiger partial charge in [0, 0.05) is 5.57 Å². The van der Waals surface area contributed by atoms with Crippen LogP contribution in [0.3, 0.4) is 0 Å². The topological polar surface area (TPSA) is 37.3 Å². The number of unbranched alkanes of at least 4 members (excludes halogenated alkanes) is 29. The Morgan fingerprint density at radius 1 is 0.415 bits per heavy atom. The molecule has 0 radical (unpaired) electrons. The molecular weight excluding hydrogens is 500 g/mol. The average Bonchev–Trinajstić information content (AvgIpc) is 2.97. The Bertz CT molecular complexity index is 540. The maximum Gasteiger partial charge on any atom is 0.331 e. The molecule has 0 aromatic rings. The zero-order valence-corrected chi connectivity index (χ0v) is 28.5. The van der Waals surface area contributed by atoms with Crippen LogP contribution in [-0.2, 0) is 4.79 Å². The summed E-state index contributed by atoms with van der Waals surface area (Å²) in [4.78, 5) is 11.6. The number of carboxylic acids is 1. The van der Waals surface area contributed by atoms with E-state index in [2.05, 4.69) is 20.4 Å². The number of hydrogen-bond donors (Lipinski definition) is 1. The lowest BCUT2D eigenvalue weighted by Gasteiger charge is -2.17. The molecule has 0 aromatic carbocycles. The third kappa shape index (κ3) is 30.5. The van der Waals surface area contributed by atoms with E-state index in [1.54, 1.807) is 0 Å². The van der Waals surface area contributed by atoms with Gasteiger partial charge in [0.2, 0.25) is 0 Å². The smallest absolute Gasteiger partial charge is 0.331 e. The average molecular weight is 577 g/mol. The lowest BCUT2D eigenvalue weighted by atomic mass is 9.88. The van der Waals surface area contributed by atoms with Crippen LogP contribution in [0, 0.1) is 5.92 Å².